The predicted molar refractivity (Wildman–Crippen MR) is 143 cm³/mol. The average Bonchev–Trinajstić information content (AvgIpc) is 3.67. The van der Waals surface area contributed by atoms with E-state index in [-0.39, 0.29) is 12.0 Å². The van der Waals surface area contributed by atoms with Crippen molar-refractivity contribution in [2.24, 2.45) is 0 Å². The highest BCUT2D eigenvalue weighted by molar-refractivity contribution is 5.81. The molecule has 0 unspecified atom stereocenters. The first-order valence-electron chi connectivity index (χ1n) is 13.0. The Morgan fingerprint density at radius 3 is 2.74 bits per heavy atom. The van der Waals surface area contributed by atoms with Crippen LogP contribution in [0.1, 0.15) is 54.5 Å². The van der Waals surface area contributed by atoms with Crippen LogP contribution in [0.2, 0.25) is 0 Å². The van der Waals surface area contributed by atoms with Gasteiger partial charge in [-0.1, -0.05) is 49.4 Å². The van der Waals surface area contributed by atoms with Gasteiger partial charge in [0.2, 0.25) is 5.82 Å². The van der Waals surface area contributed by atoms with Gasteiger partial charge in [-0.05, 0) is 58.9 Å². The number of aryl methyl sites for hydroxylation is 3. The SMILES string of the molecule is CCc1nc2c(C)cc(CCOC(C)=O)nc2n1[C@@H]1CCc2cc(-c3ccccc3-c3nn[nH]n3)ccc21. The molecule has 0 saturated heterocycles. The molecule has 1 aliphatic rings. The summed E-state index contributed by atoms with van der Waals surface area (Å²) in [5.41, 5.74) is 9.66. The number of esters is 1. The zero-order valence-electron chi connectivity index (χ0n) is 21.7. The Balaban J connectivity index is 1.39. The molecule has 1 atom stereocenters. The lowest BCUT2D eigenvalue weighted by molar-refractivity contribution is -0.140. The molecule has 9 nitrogen and oxygen atoms in total. The van der Waals surface area contributed by atoms with Crippen molar-refractivity contribution in [3.8, 4) is 22.5 Å². The molecule has 0 aliphatic heterocycles. The van der Waals surface area contributed by atoms with Crippen molar-refractivity contribution in [3.63, 3.8) is 0 Å². The van der Waals surface area contributed by atoms with Gasteiger partial charge in [-0.2, -0.15) is 5.21 Å². The fraction of sp³-hybridized carbons (Fsp3) is 0.310. The molecule has 0 bridgehead atoms. The van der Waals surface area contributed by atoms with Crippen LogP contribution in [0.3, 0.4) is 0 Å². The van der Waals surface area contributed by atoms with E-state index in [1.807, 2.05) is 18.2 Å². The highest BCUT2D eigenvalue weighted by atomic mass is 16.5. The normalized spacial score (nSPS) is 14.7. The molecule has 6 rings (SSSR count). The van der Waals surface area contributed by atoms with Gasteiger partial charge in [0.05, 0.1) is 12.6 Å². The van der Waals surface area contributed by atoms with Gasteiger partial charge in [0, 0.05) is 31.0 Å². The van der Waals surface area contributed by atoms with Gasteiger partial charge in [-0.15, -0.1) is 10.2 Å². The molecule has 0 fully saturated rings. The van der Waals surface area contributed by atoms with Gasteiger partial charge >= 0.3 is 5.97 Å². The number of rotatable bonds is 7. The zero-order valence-corrected chi connectivity index (χ0v) is 21.7. The van der Waals surface area contributed by atoms with Crippen molar-refractivity contribution in [2.45, 2.75) is 52.5 Å². The third-order valence-corrected chi connectivity index (χ3v) is 7.27. The van der Waals surface area contributed by atoms with Crippen molar-refractivity contribution in [3.05, 3.63) is 76.7 Å². The number of aromatic nitrogens is 7. The van der Waals surface area contributed by atoms with Gasteiger partial charge in [0.1, 0.15) is 11.3 Å². The summed E-state index contributed by atoms with van der Waals surface area (Å²) in [6, 6.07) is 17.1. The number of hydrogen-bond donors (Lipinski definition) is 1. The van der Waals surface area contributed by atoms with E-state index in [0.717, 1.165) is 64.2 Å². The quantitative estimate of drug-likeness (QED) is 0.315. The number of carbonyl (C=O) groups is 1. The van der Waals surface area contributed by atoms with Gasteiger partial charge in [-0.3, -0.25) is 4.79 Å². The van der Waals surface area contributed by atoms with Crippen molar-refractivity contribution in [1.29, 1.82) is 0 Å². The number of hydrogen-bond acceptors (Lipinski definition) is 7. The van der Waals surface area contributed by atoms with E-state index in [1.165, 1.54) is 18.1 Å². The lowest BCUT2D eigenvalue weighted by atomic mass is 9.96. The maximum absolute atomic E-state index is 11.2. The first-order chi connectivity index (χ1) is 18.5. The maximum Gasteiger partial charge on any atom is 0.302 e. The molecule has 0 amide bonds. The third-order valence-electron chi connectivity index (χ3n) is 7.27. The van der Waals surface area contributed by atoms with Gasteiger partial charge in [0.15, 0.2) is 5.65 Å². The maximum atomic E-state index is 11.2. The number of H-pyrrole nitrogens is 1. The molecule has 0 saturated carbocycles. The monoisotopic (exact) mass is 507 g/mol. The molecular formula is C29H29N7O2. The molecule has 3 heterocycles. The average molecular weight is 508 g/mol. The highest BCUT2D eigenvalue weighted by Gasteiger charge is 2.29. The summed E-state index contributed by atoms with van der Waals surface area (Å²) in [4.78, 5) is 21.2. The van der Waals surface area contributed by atoms with E-state index in [9.17, 15) is 4.79 Å². The standard InChI is InChI=1S/C29H29N7O2/c1-4-26-31-27-17(2)15-21(13-14-38-18(3)37)30-29(27)36(26)25-12-10-20-16-19(9-11-23(20)25)22-7-5-6-8-24(22)28-32-34-35-33-28/h5-9,11,15-16,25H,4,10,12-14H2,1-3H3,(H,32,33,34,35)/t25-/m1/s1. The molecule has 1 aliphatic carbocycles. The van der Waals surface area contributed by atoms with E-state index in [1.54, 1.807) is 0 Å². The van der Waals surface area contributed by atoms with Crippen molar-refractivity contribution in [1.82, 2.24) is 35.2 Å². The van der Waals surface area contributed by atoms with Crippen LogP contribution in [0.5, 0.6) is 0 Å². The number of carbonyl (C=O) groups excluding carboxylic acids is 1. The van der Waals surface area contributed by atoms with Crippen LogP contribution in [0.25, 0.3) is 33.7 Å². The summed E-state index contributed by atoms with van der Waals surface area (Å²) < 4.78 is 7.50. The molecule has 3 aromatic heterocycles. The summed E-state index contributed by atoms with van der Waals surface area (Å²) >= 11 is 0. The first-order valence-corrected chi connectivity index (χ1v) is 13.0. The molecule has 9 heteroatoms. The third kappa shape index (κ3) is 4.23. The van der Waals surface area contributed by atoms with Crippen LogP contribution in [-0.4, -0.2) is 47.7 Å². The lowest BCUT2D eigenvalue weighted by Gasteiger charge is -2.18. The highest BCUT2D eigenvalue weighted by Crippen LogP contribution is 2.40. The minimum absolute atomic E-state index is 0.169. The van der Waals surface area contributed by atoms with E-state index in [4.69, 9.17) is 14.7 Å². The number of imidazole rings is 1. The Hall–Kier alpha value is -4.40. The Bertz CT molecular complexity index is 1640. The van der Waals surface area contributed by atoms with E-state index in [2.05, 4.69) is 69.4 Å². The van der Waals surface area contributed by atoms with Crippen molar-refractivity contribution >= 4 is 17.1 Å². The van der Waals surface area contributed by atoms with Crippen LogP contribution < -0.4 is 0 Å². The summed E-state index contributed by atoms with van der Waals surface area (Å²) in [7, 11) is 0. The van der Waals surface area contributed by atoms with Crippen LogP contribution in [0.4, 0.5) is 0 Å². The van der Waals surface area contributed by atoms with Crippen LogP contribution >= 0.6 is 0 Å². The van der Waals surface area contributed by atoms with Gasteiger partial charge in [0.25, 0.3) is 0 Å². The molecule has 2 aromatic carbocycles. The van der Waals surface area contributed by atoms with Crippen LogP contribution in [0, 0.1) is 6.92 Å². The topological polar surface area (TPSA) is 111 Å². The fourth-order valence-corrected chi connectivity index (χ4v) is 5.57. The van der Waals surface area contributed by atoms with E-state index in [0.29, 0.717) is 18.9 Å². The smallest absolute Gasteiger partial charge is 0.302 e. The number of pyridine rings is 1. The first kappa shape index (κ1) is 24.0. The minimum atomic E-state index is -0.275. The van der Waals surface area contributed by atoms with Crippen molar-refractivity contribution in [2.75, 3.05) is 6.61 Å². The van der Waals surface area contributed by atoms with E-state index < -0.39 is 0 Å². The summed E-state index contributed by atoms with van der Waals surface area (Å²) in [6.07, 6.45) is 3.36. The number of benzene rings is 2. The number of tetrazole rings is 1. The Kier molecular flexibility index (Phi) is 6.19. The number of fused-ring (bicyclic) bond motifs is 2. The second-order valence-electron chi connectivity index (χ2n) is 9.69. The van der Waals surface area contributed by atoms with Gasteiger partial charge in [-0.25, -0.2) is 9.97 Å². The zero-order chi connectivity index (χ0) is 26.2. The Morgan fingerprint density at radius 2 is 1.97 bits per heavy atom. The second kappa shape index (κ2) is 9.81. The van der Waals surface area contributed by atoms with Gasteiger partial charge < -0.3 is 9.30 Å². The summed E-state index contributed by atoms with van der Waals surface area (Å²) in [5, 5.41) is 14.7. The van der Waals surface area contributed by atoms with Crippen LogP contribution in [-0.2, 0) is 28.8 Å². The number of nitrogens with one attached hydrogen (secondary N) is 1. The summed E-state index contributed by atoms with van der Waals surface area (Å²) in [6.45, 7) is 5.97. The van der Waals surface area contributed by atoms with Crippen LogP contribution in [0.15, 0.2) is 48.5 Å². The molecule has 5 aromatic rings. The fourth-order valence-electron chi connectivity index (χ4n) is 5.57. The lowest BCUT2D eigenvalue weighted by Crippen LogP contribution is -2.12. The second-order valence-corrected chi connectivity index (χ2v) is 9.69. The minimum Gasteiger partial charge on any atom is -0.465 e. The molecular weight excluding hydrogens is 478 g/mol. The molecule has 38 heavy (non-hydrogen) atoms. The Labute approximate surface area is 220 Å². The summed E-state index contributed by atoms with van der Waals surface area (Å²) in [5.74, 6) is 1.35. The largest absolute Gasteiger partial charge is 0.465 e. The molecule has 0 spiro atoms. The van der Waals surface area contributed by atoms with E-state index >= 15 is 0 Å². The number of aromatic amines is 1. The van der Waals surface area contributed by atoms with Crippen molar-refractivity contribution < 1.29 is 9.53 Å². The number of nitrogens with zero attached hydrogens (tertiary/aromatic N) is 6. The molecule has 192 valence electrons. The number of ether oxygens (including phenoxy) is 1. The molecule has 1 N–H and O–H groups in total. The predicted octanol–water partition coefficient (Wildman–Crippen LogP) is 4.79. The molecule has 0 radical (unpaired) electrons. The Morgan fingerprint density at radius 1 is 1.13 bits per heavy atom.